The molecule has 1 aliphatic heterocycles. The molecule has 0 saturated carbocycles. The SMILES string of the molecule is CCOc1ccc(NC(=O)CN2CCCC(C)(CO)C2)cc1. The number of benzene rings is 1. The molecule has 0 radical (unpaired) electrons. The molecule has 1 atom stereocenters. The number of hydrogen-bond acceptors (Lipinski definition) is 4. The van der Waals surface area contributed by atoms with Crippen LogP contribution in [0.3, 0.4) is 0 Å². The lowest BCUT2D eigenvalue weighted by molar-refractivity contribution is -0.118. The van der Waals surface area contributed by atoms with E-state index in [9.17, 15) is 9.90 Å². The average Bonchev–Trinajstić information content (AvgIpc) is 2.49. The molecule has 1 aliphatic rings. The summed E-state index contributed by atoms with van der Waals surface area (Å²) in [6.45, 7) is 6.85. The molecule has 0 aliphatic carbocycles. The van der Waals surface area contributed by atoms with Gasteiger partial charge in [0.05, 0.1) is 13.2 Å². The van der Waals surface area contributed by atoms with E-state index >= 15 is 0 Å². The lowest BCUT2D eigenvalue weighted by Crippen LogP contribution is -2.46. The van der Waals surface area contributed by atoms with Crippen molar-refractivity contribution in [3.05, 3.63) is 24.3 Å². The highest BCUT2D eigenvalue weighted by Gasteiger charge is 2.30. The largest absolute Gasteiger partial charge is 0.494 e. The van der Waals surface area contributed by atoms with Crippen molar-refractivity contribution in [2.75, 3.05) is 38.2 Å². The number of piperidine rings is 1. The minimum Gasteiger partial charge on any atom is -0.494 e. The van der Waals surface area contributed by atoms with Crippen LogP contribution >= 0.6 is 0 Å². The van der Waals surface area contributed by atoms with Crippen molar-refractivity contribution >= 4 is 11.6 Å². The molecule has 0 bridgehead atoms. The van der Waals surface area contributed by atoms with Crippen LogP contribution < -0.4 is 10.1 Å². The highest BCUT2D eigenvalue weighted by Crippen LogP contribution is 2.28. The second-order valence-electron chi connectivity index (χ2n) is 6.29. The van der Waals surface area contributed by atoms with Gasteiger partial charge >= 0.3 is 0 Å². The van der Waals surface area contributed by atoms with Crippen LogP contribution in [0.5, 0.6) is 5.75 Å². The Balaban J connectivity index is 1.84. The molecule has 5 nitrogen and oxygen atoms in total. The summed E-state index contributed by atoms with van der Waals surface area (Å²) in [5.41, 5.74) is 0.688. The molecule has 5 heteroatoms. The maximum atomic E-state index is 12.1. The third-order valence-corrected chi connectivity index (χ3v) is 4.06. The van der Waals surface area contributed by atoms with Crippen LogP contribution in [0.2, 0.25) is 0 Å². The summed E-state index contributed by atoms with van der Waals surface area (Å²) in [5, 5.41) is 12.4. The molecule has 1 fully saturated rings. The van der Waals surface area contributed by atoms with Crippen LogP contribution in [0, 0.1) is 5.41 Å². The molecule has 1 unspecified atom stereocenters. The number of aliphatic hydroxyl groups excluding tert-OH is 1. The van der Waals surface area contributed by atoms with E-state index in [4.69, 9.17) is 4.74 Å². The van der Waals surface area contributed by atoms with Crippen molar-refractivity contribution in [3.63, 3.8) is 0 Å². The number of nitrogens with zero attached hydrogens (tertiary/aromatic N) is 1. The predicted molar refractivity (Wildman–Crippen MR) is 87.1 cm³/mol. The summed E-state index contributed by atoms with van der Waals surface area (Å²) < 4.78 is 5.38. The van der Waals surface area contributed by atoms with Gasteiger partial charge in [0.1, 0.15) is 5.75 Å². The lowest BCUT2D eigenvalue weighted by atomic mass is 9.83. The number of carbonyl (C=O) groups excluding carboxylic acids is 1. The van der Waals surface area contributed by atoms with Crippen molar-refractivity contribution in [2.45, 2.75) is 26.7 Å². The Labute approximate surface area is 132 Å². The number of nitrogens with one attached hydrogen (secondary N) is 1. The van der Waals surface area contributed by atoms with Gasteiger partial charge in [0.15, 0.2) is 0 Å². The van der Waals surface area contributed by atoms with E-state index in [1.54, 1.807) is 0 Å². The molecule has 1 aromatic carbocycles. The van der Waals surface area contributed by atoms with E-state index < -0.39 is 0 Å². The fourth-order valence-electron chi connectivity index (χ4n) is 2.90. The second-order valence-corrected chi connectivity index (χ2v) is 6.29. The first kappa shape index (κ1) is 16.8. The van der Waals surface area contributed by atoms with Crippen LogP contribution in [0.25, 0.3) is 0 Å². The van der Waals surface area contributed by atoms with Gasteiger partial charge in [-0.1, -0.05) is 6.92 Å². The Morgan fingerprint density at radius 2 is 2.14 bits per heavy atom. The molecule has 1 heterocycles. The molecular weight excluding hydrogens is 280 g/mol. The second kappa shape index (κ2) is 7.61. The third-order valence-electron chi connectivity index (χ3n) is 4.06. The van der Waals surface area contributed by atoms with Crippen molar-refractivity contribution in [3.8, 4) is 5.75 Å². The van der Waals surface area contributed by atoms with E-state index in [1.807, 2.05) is 31.2 Å². The Kier molecular flexibility index (Phi) is 5.80. The first-order chi connectivity index (χ1) is 10.5. The van der Waals surface area contributed by atoms with Crippen LogP contribution in [-0.4, -0.2) is 48.8 Å². The van der Waals surface area contributed by atoms with Crippen molar-refractivity contribution in [1.29, 1.82) is 0 Å². The van der Waals surface area contributed by atoms with Crippen molar-refractivity contribution in [1.82, 2.24) is 4.90 Å². The van der Waals surface area contributed by atoms with Gasteiger partial charge < -0.3 is 15.2 Å². The molecular formula is C17H26N2O3. The number of hydrogen-bond donors (Lipinski definition) is 2. The number of rotatable bonds is 6. The first-order valence-corrected chi connectivity index (χ1v) is 7.90. The van der Waals surface area contributed by atoms with E-state index in [0.29, 0.717) is 13.2 Å². The summed E-state index contributed by atoms with van der Waals surface area (Å²) >= 11 is 0. The predicted octanol–water partition coefficient (Wildman–Crippen LogP) is 2.12. The fraction of sp³-hybridized carbons (Fsp3) is 0.588. The Hall–Kier alpha value is -1.59. The van der Waals surface area contributed by atoms with E-state index in [-0.39, 0.29) is 17.9 Å². The number of amides is 1. The molecule has 2 N–H and O–H groups in total. The number of anilines is 1. The van der Waals surface area contributed by atoms with Gasteiger partial charge in [-0.25, -0.2) is 0 Å². The summed E-state index contributed by atoms with van der Waals surface area (Å²) in [6.07, 6.45) is 2.04. The van der Waals surface area contributed by atoms with E-state index in [2.05, 4.69) is 17.1 Å². The van der Waals surface area contributed by atoms with Crippen molar-refractivity contribution in [2.24, 2.45) is 5.41 Å². The maximum absolute atomic E-state index is 12.1. The normalized spacial score (nSPS) is 22.3. The topological polar surface area (TPSA) is 61.8 Å². The van der Waals surface area contributed by atoms with Gasteiger partial charge in [-0.05, 0) is 50.6 Å². The molecule has 2 rings (SSSR count). The molecule has 1 saturated heterocycles. The molecule has 0 aromatic heterocycles. The average molecular weight is 306 g/mol. The molecule has 1 amide bonds. The van der Waals surface area contributed by atoms with Crippen LogP contribution in [0.4, 0.5) is 5.69 Å². The fourth-order valence-corrected chi connectivity index (χ4v) is 2.90. The van der Waals surface area contributed by atoms with Gasteiger partial charge in [0.25, 0.3) is 0 Å². The van der Waals surface area contributed by atoms with Crippen molar-refractivity contribution < 1.29 is 14.6 Å². The number of likely N-dealkylation sites (tertiary alicyclic amines) is 1. The first-order valence-electron chi connectivity index (χ1n) is 7.90. The maximum Gasteiger partial charge on any atom is 0.238 e. The zero-order valence-corrected chi connectivity index (χ0v) is 13.5. The quantitative estimate of drug-likeness (QED) is 0.845. The van der Waals surface area contributed by atoms with Gasteiger partial charge in [-0.2, -0.15) is 0 Å². The smallest absolute Gasteiger partial charge is 0.238 e. The summed E-state index contributed by atoms with van der Waals surface area (Å²) in [4.78, 5) is 14.3. The number of carbonyl (C=O) groups is 1. The minimum absolute atomic E-state index is 0.0219. The zero-order chi connectivity index (χ0) is 16.0. The van der Waals surface area contributed by atoms with E-state index in [1.165, 1.54) is 0 Å². The van der Waals surface area contributed by atoms with Crippen LogP contribution in [0.1, 0.15) is 26.7 Å². The summed E-state index contributed by atoms with van der Waals surface area (Å²) in [7, 11) is 0. The molecule has 22 heavy (non-hydrogen) atoms. The molecule has 122 valence electrons. The standard InChI is InChI=1S/C17H26N2O3/c1-3-22-15-7-5-14(6-8-15)18-16(21)11-19-10-4-9-17(2,12-19)13-20/h5-8,20H,3-4,9-13H2,1-2H3,(H,18,21). The van der Waals surface area contributed by atoms with Gasteiger partial charge in [-0.15, -0.1) is 0 Å². The monoisotopic (exact) mass is 306 g/mol. The Morgan fingerprint density at radius 3 is 2.77 bits per heavy atom. The number of aliphatic hydroxyl groups is 1. The van der Waals surface area contributed by atoms with Crippen LogP contribution in [0.15, 0.2) is 24.3 Å². The zero-order valence-electron chi connectivity index (χ0n) is 13.5. The van der Waals surface area contributed by atoms with Gasteiger partial charge in [0.2, 0.25) is 5.91 Å². The van der Waals surface area contributed by atoms with Gasteiger partial charge in [-0.3, -0.25) is 9.69 Å². The van der Waals surface area contributed by atoms with E-state index in [0.717, 1.165) is 37.4 Å². The number of ether oxygens (including phenoxy) is 1. The lowest BCUT2D eigenvalue weighted by Gasteiger charge is -2.38. The van der Waals surface area contributed by atoms with Gasteiger partial charge in [0, 0.05) is 24.3 Å². The molecule has 1 aromatic rings. The Bertz CT molecular complexity index is 489. The van der Waals surface area contributed by atoms with Crippen LogP contribution in [-0.2, 0) is 4.79 Å². The third kappa shape index (κ3) is 4.71. The highest BCUT2D eigenvalue weighted by atomic mass is 16.5. The minimum atomic E-state index is -0.0856. The summed E-state index contributed by atoms with van der Waals surface area (Å²) in [5.74, 6) is 0.779. The Morgan fingerprint density at radius 1 is 1.41 bits per heavy atom. The summed E-state index contributed by atoms with van der Waals surface area (Å²) in [6, 6.07) is 7.39. The molecule has 0 spiro atoms. The highest BCUT2D eigenvalue weighted by molar-refractivity contribution is 5.92.